The lowest BCUT2D eigenvalue weighted by Gasteiger charge is -2.36. The molecular formula is C26H23ClF2N4O3. The van der Waals surface area contributed by atoms with Crippen molar-refractivity contribution >= 4 is 28.5 Å². The van der Waals surface area contributed by atoms with Crippen LogP contribution in [0.5, 0.6) is 0 Å². The quantitative estimate of drug-likeness (QED) is 0.352. The van der Waals surface area contributed by atoms with Crippen LogP contribution in [0.4, 0.5) is 8.78 Å². The minimum absolute atomic E-state index is 0.0833. The summed E-state index contributed by atoms with van der Waals surface area (Å²) in [6.45, 7) is 2.61. The van der Waals surface area contributed by atoms with Crippen LogP contribution in [-0.2, 0) is 11.3 Å². The molecule has 1 saturated heterocycles. The van der Waals surface area contributed by atoms with Crippen LogP contribution >= 0.6 is 11.6 Å². The Balaban J connectivity index is 1.24. The van der Waals surface area contributed by atoms with Crippen molar-refractivity contribution in [2.45, 2.75) is 12.7 Å². The highest BCUT2D eigenvalue weighted by molar-refractivity contribution is 6.30. The zero-order valence-corrected chi connectivity index (χ0v) is 20.0. The SMILES string of the molecule is O=C(c1ccc2nonc2c1)N1CCN(CC(OCc2c(F)cccc2F)c2ccc(Cl)cc2)CC1. The molecule has 5 rings (SSSR count). The molecule has 4 aromatic rings. The molecule has 186 valence electrons. The first-order chi connectivity index (χ1) is 17.5. The minimum atomic E-state index is -0.642. The Hall–Kier alpha value is -3.40. The standard InChI is InChI=1S/C26H23ClF2N4O3/c27-19-7-4-17(5-8-19)25(35-16-20-21(28)2-1-3-22(20)29)15-32-10-12-33(13-11-32)26(34)18-6-9-23-24(14-18)31-36-30-23/h1-9,14,25H,10-13,15-16H2. The second-order valence-electron chi connectivity index (χ2n) is 8.61. The Labute approximate surface area is 211 Å². The van der Waals surface area contributed by atoms with E-state index in [0.29, 0.717) is 54.3 Å². The van der Waals surface area contributed by atoms with E-state index < -0.39 is 17.7 Å². The van der Waals surface area contributed by atoms with E-state index in [1.807, 2.05) is 12.1 Å². The second-order valence-corrected chi connectivity index (χ2v) is 9.05. The highest BCUT2D eigenvalue weighted by atomic mass is 35.5. The van der Waals surface area contributed by atoms with Crippen molar-refractivity contribution in [3.05, 3.63) is 94.0 Å². The summed E-state index contributed by atoms with van der Waals surface area (Å²) in [6, 6.07) is 16.1. The van der Waals surface area contributed by atoms with Crippen LogP contribution in [0.3, 0.4) is 0 Å². The third-order valence-electron chi connectivity index (χ3n) is 6.32. The maximum absolute atomic E-state index is 14.1. The Bertz CT molecular complexity index is 1340. The number of amides is 1. The van der Waals surface area contributed by atoms with Crippen molar-refractivity contribution in [1.29, 1.82) is 0 Å². The zero-order chi connectivity index (χ0) is 25.1. The van der Waals surface area contributed by atoms with E-state index in [-0.39, 0.29) is 18.1 Å². The number of hydrogen-bond donors (Lipinski definition) is 0. The van der Waals surface area contributed by atoms with Gasteiger partial charge in [-0.05, 0) is 58.3 Å². The molecule has 1 atom stereocenters. The summed E-state index contributed by atoms with van der Waals surface area (Å²) in [5, 5.41) is 8.15. The summed E-state index contributed by atoms with van der Waals surface area (Å²) in [5.41, 5.74) is 2.41. The first-order valence-corrected chi connectivity index (χ1v) is 11.9. The maximum Gasteiger partial charge on any atom is 0.254 e. The van der Waals surface area contributed by atoms with Crippen molar-refractivity contribution in [3.8, 4) is 0 Å². The third kappa shape index (κ3) is 5.38. The number of carbonyl (C=O) groups is 1. The largest absolute Gasteiger partial charge is 0.367 e. The van der Waals surface area contributed by atoms with Crippen LogP contribution in [0.1, 0.15) is 27.6 Å². The van der Waals surface area contributed by atoms with Crippen LogP contribution in [0.25, 0.3) is 11.0 Å². The number of benzene rings is 3. The van der Waals surface area contributed by atoms with E-state index in [1.165, 1.54) is 18.2 Å². The molecule has 3 aromatic carbocycles. The number of fused-ring (bicyclic) bond motifs is 1. The van der Waals surface area contributed by atoms with E-state index in [4.69, 9.17) is 21.0 Å². The summed E-state index contributed by atoms with van der Waals surface area (Å²) >= 11 is 6.04. The van der Waals surface area contributed by atoms with Gasteiger partial charge < -0.3 is 9.64 Å². The fraction of sp³-hybridized carbons (Fsp3) is 0.269. The summed E-state index contributed by atoms with van der Waals surface area (Å²) in [6.07, 6.45) is -0.439. The first-order valence-electron chi connectivity index (χ1n) is 11.5. The van der Waals surface area contributed by atoms with Crippen LogP contribution in [-0.4, -0.2) is 58.7 Å². The molecule has 0 N–H and O–H groups in total. The molecule has 1 aliphatic rings. The summed E-state index contributed by atoms with van der Waals surface area (Å²) in [5.74, 6) is -1.37. The molecule has 1 aliphatic heterocycles. The molecule has 1 amide bonds. The van der Waals surface area contributed by atoms with E-state index in [1.54, 1.807) is 35.2 Å². The fourth-order valence-electron chi connectivity index (χ4n) is 4.25. The van der Waals surface area contributed by atoms with Crippen molar-refractivity contribution in [2.75, 3.05) is 32.7 Å². The number of hydrogen-bond acceptors (Lipinski definition) is 6. The van der Waals surface area contributed by atoms with Gasteiger partial charge in [-0.1, -0.05) is 29.8 Å². The average molecular weight is 513 g/mol. The Morgan fingerprint density at radius 3 is 2.39 bits per heavy atom. The molecule has 1 fully saturated rings. The lowest BCUT2D eigenvalue weighted by atomic mass is 10.1. The van der Waals surface area contributed by atoms with Crippen LogP contribution in [0, 0.1) is 11.6 Å². The minimum Gasteiger partial charge on any atom is -0.367 e. The lowest BCUT2D eigenvalue weighted by Crippen LogP contribution is -2.49. The van der Waals surface area contributed by atoms with Gasteiger partial charge in [0.05, 0.1) is 12.7 Å². The molecule has 7 nitrogen and oxygen atoms in total. The number of piperazine rings is 1. The monoisotopic (exact) mass is 512 g/mol. The van der Waals surface area contributed by atoms with Crippen LogP contribution in [0.15, 0.2) is 65.3 Å². The second kappa shape index (κ2) is 10.7. The topological polar surface area (TPSA) is 71.7 Å². The zero-order valence-electron chi connectivity index (χ0n) is 19.2. The normalized spacial score (nSPS) is 15.4. The van der Waals surface area contributed by atoms with E-state index in [9.17, 15) is 13.6 Å². The molecule has 0 aliphatic carbocycles. The summed E-state index contributed by atoms with van der Waals surface area (Å²) < 4.78 is 39.0. The van der Waals surface area contributed by atoms with Gasteiger partial charge in [0.15, 0.2) is 0 Å². The number of ether oxygens (including phenoxy) is 1. The average Bonchev–Trinajstić information content (AvgIpc) is 3.36. The molecule has 0 radical (unpaired) electrons. The number of carbonyl (C=O) groups excluding carboxylic acids is 1. The van der Waals surface area contributed by atoms with Gasteiger partial charge >= 0.3 is 0 Å². The third-order valence-corrected chi connectivity index (χ3v) is 6.57. The highest BCUT2D eigenvalue weighted by Crippen LogP contribution is 2.25. The molecule has 0 bridgehead atoms. The Morgan fingerprint density at radius 2 is 1.67 bits per heavy atom. The van der Waals surface area contributed by atoms with Gasteiger partial charge in [0.25, 0.3) is 5.91 Å². The predicted molar refractivity (Wildman–Crippen MR) is 129 cm³/mol. The smallest absolute Gasteiger partial charge is 0.254 e. The van der Waals surface area contributed by atoms with Gasteiger partial charge in [-0.2, -0.15) is 0 Å². The molecule has 0 spiro atoms. The Morgan fingerprint density at radius 1 is 0.972 bits per heavy atom. The van der Waals surface area contributed by atoms with E-state index >= 15 is 0 Å². The first kappa shape index (κ1) is 24.3. The maximum atomic E-state index is 14.1. The van der Waals surface area contributed by atoms with Crippen molar-refractivity contribution in [1.82, 2.24) is 20.1 Å². The molecule has 1 aromatic heterocycles. The van der Waals surface area contributed by atoms with Gasteiger partial charge in [0.2, 0.25) is 0 Å². The van der Waals surface area contributed by atoms with Gasteiger partial charge in [0, 0.05) is 48.9 Å². The van der Waals surface area contributed by atoms with Crippen LogP contribution < -0.4 is 0 Å². The predicted octanol–water partition coefficient (Wildman–Crippen LogP) is 4.87. The van der Waals surface area contributed by atoms with E-state index in [2.05, 4.69) is 15.2 Å². The van der Waals surface area contributed by atoms with E-state index in [0.717, 1.165) is 5.56 Å². The summed E-state index contributed by atoms with van der Waals surface area (Å²) in [4.78, 5) is 17.0. The number of rotatable bonds is 7. The van der Waals surface area contributed by atoms with Crippen molar-refractivity contribution in [3.63, 3.8) is 0 Å². The lowest BCUT2D eigenvalue weighted by molar-refractivity contribution is 0.00145. The molecule has 10 heteroatoms. The highest BCUT2D eigenvalue weighted by Gasteiger charge is 2.26. The Kier molecular flexibility index (Phi) is 7.22. The number of halogens is 3. The summed E-state index contributed by atoms with van der Waals surface area (Å²) in [7, 11) is 0. The molecule has 0 saturated carbocycles. The molecule has 2 heterocycles. The van der Waals surface area contributed by atoms with Gasteiger partial charge in [-0.3, -0.25) is 9.69 Å². The number of aromatic nitrogens is 2. The molecular weight excluding hydrogens is 490 g/mol. The van der Waals surface area contributed by atoms with Gasteiger partial charge in [-0.15, -0.1) is 0 Å². The van der Waals surface area contributed by atoms with Gasteiger partial charge in [0.1, 0.15) is 22.7 Å². The van der Waals surface area contributed by atoms with Crippen molar-refractivity contribution in [2.24, 2.45) is 0 Å². The molecule has 36 heavy (non-hydrogen) atoms. The van der Waals surface area contributed by atoms with Crippen molar-refractivity contribution < 1.29 is 22.9 Å². The van der Waals surface area contributed by atoms with Crippen LogP contribution in [0.2, 0.25) is 5.02 Å². The number of nitrogens with zero attached hydrogens (tertiary/aromatic N) is 4. The fourth-order valence-corrected chi connectivity index (χ4v) is 4.38. The van der Waals surface area contributed by atoms with Gasteiger partial charge in [-0.25, -0.2) is 13.4 Å². The molecule has 1 unspecified atom stereocenters.